The molecule has 0 unspecified atom stereocenters. The summed E-state index contributed by atoms with van der Waals surface area (Å²) in [6, 6.07) is 3.35. The second kappa shape index (κ2) is 5.19. The summed E-state index contributed by atoms with van der Waals surface area (Å²) < 4.78 is 28.1. The van der Waals surface area contributed by atoms with Crippen molar-refractivity contribution >= 4 is 21.4 Å². The molecule has 2 heterocycles. The van der Waals surface area contributed by atoms with Crippen molar-refractivity contribution in [3.63, 3.8) is 0 Å². The second-order valence-corrected chi connectivity index (χ2v) is 6.52. The first-order valence-corrected chi connectivity index (χ1v) is 7.63. The summed E-state index contributed by atoms with van der Waals surface area (Å²) in [5, 5.41) is 5.69. The molecule has 0 atom stereocenters. The van der Waals surface area contributed by atoms with Gasteiger partial charge in [0.15, 0.2) is 0 Å². The van der Waals surface area contributed by atoms with Gasteiger partial charge in [-0.2, -0.15) is 5.10 Å². The average Bonchev–Trinajstić information content (AvgIpc) is 2.95. The SMILES string of the molecule is Cn1ccc(CNS(=O)(=O)c2csc(CN)c2)n1. The van der Waals surface area contributed by atoms with Crippen molar-refractivity contribution in [1.29, 1.82) is 0 Å². The molecular weight excluding hydrogens is 272 g/mol. The summed E-state index contributed by atoms with van der Waals surface area (Å²) >= 11 is 1.34. The Morgan fingerprint density at radius 3 is 2.89 bits per heavy atom. The molecule has 2 aromatic rings. The van der Waals surface area contributed by atoms with Crippen molar-refractivity contribution in [2.75, 3.05) is 0 Å². The van der Waals surface area contributed by atoms with Crippen molar-refractivity contribution in [3.8, 4) is 0 Å². The van der Waals surface area contributed by atoms with Crippen molar-refractivity contribution in [1.82, 2.24) is 14.5 Å². The van der Waals surface area contributed by atoms with Crippen LogP contribution in [0.15, 0.2) is 28.6 Å². The molecule has 18 heavy (non-hydrogen) atoms. The molecule has 0 amide bonds. The van der Waals surface area contributed by atoms with Crippen LogP contribution in [0.25, 0.3) is 0 Å². The van der Waals surface area contributed by atoms with E-state index in [-0.39, 0.29) is 11.4 Å². The summed E-state index contributed by atoms with van der Waals surface area (Å²) in [5.41, 5.74) is 6.13. The van der Waals surface area contributed by atoms with Gasteiger partial charge >= 0.3 is 0 Å². The Bertz CT molecular complexity index is 630. The Balaban J connectivity index is 2.07. The quantitative estimate of drug-likeness (QED) is 0.833. The van der Waals surface area contributed by atoms with Crippen LogP contribution in [0.2, 0.25) is 0 Å². The number of rotatable bonds is 5. The summed E-state index contributed by atoms with van der Waals surface area (Å²) in [6.07, 6.45) is 1.76. The normalized spacial score (nSPS) is 11.9. The van der Waals surface area contributed by atoms with Gasteiger partial charge in [0.2, 0.25) is 10.0 Å². The first kappa shape index (κ1) is 13.2. The number of aryl methyl sites for hydroxylation is 1. The molecule has 3 N–H and O–H groups in total. The standard InChI is InChI=1S/C10H14N4O2S2/c1-14-3-2-8(13-14)6-12-18(15,16)10-4-9(5-11)17-7-10/h2-4,7,12H,5-6,11H2,1H3. The Morgan fingerprint density at radius 1 is 1.56 bits per heavy atom. The number of hydrogen-bond donors (Lipinski definition) is 2. The highest BCUT2D eigenvalue weighted by atomic mass is 32.2. The van der Waals surface area contributed by atoms with E-state index in [0.717, 1.165) is 4.88 Å². The van der Waals surface area contributed by atoms with E-state index in [4.69, 9.17) is 5.73 Å². The third kappa shape index (κ3) is 2.96. The average molecular weight is 286 g/mol. The Kier molecular flexibility index (Phi) is 3.81. The number of nitrogens with one attached hydrogen (secondary N) is 1. The zero-order valence-corrected chi connectivity index (χ0v) is 11.5. The molecule has 0 saturated heterocycles. The molecular formula is C10H14N4O2S2. The van der Waals surface area contributed by atoms with Crippen molar-refractivity contribution < 1.29 is 8.42 Å². The Labute approximate surface area is 109 Å². The molecule has 2 aromatic heterocycles. The minimum absolute atomic E-state index is 0.178. The third-order valence-corrected chi connectivity index (χ3v) is 4.84. The maximum Gasteiger partial charge on any atom is 0.241 e. The van der Waals surface area contributed by atoms with Crippen LogP contribution < -0.4 is 10.5 Å². The fraction of sp³-hybridized carbons (Fsp3) is 0.300. The second-order valence-electron chi connectivity index (χ2n) is 3.76. The summed E-state index contributed by atoms with van der Waals surface area (Å²) in [5.74, 6) is 0. The Morgan fingerprint density at radius 2 is 2.33 bits per heavy atom. The predicted molar refractivity (Wildman–Crippen MR) is 69.4 cm³/mol. The predicted octanol–water partition coefficient (Wildman–Crippen LogP) is 0.419. The lowest BCUT2D eigenvalue weighted by Gasteiger charge is -2.02. The van der Waals surface area contributed by atoms with Gasteiger partial charge in [-0.15, -0.1) is 11.3 Å². The molecule has 0 aliphatic rings. The van der Waals surface area contributed by atoms with Gasteiger partial charge in [-0.05, 0) is 12.1 Å². The van der Waals surface area contributed by atoms with E-state index in [9.17, 15) is 8.42 Å². The smallest absolute Gasteiger partial charge is 0.241 e. The molecule has 0 saturated carbocycles. The van der Waals surface area contributed by atoms with Crippen LogP contribution in [0.1, 0.15) is 10.6 Å². The molecule has 0 aliphatic heterocycles. The van der Waals surface area contributed by atoms with Crippen LogP contribution in [0, 0.1) is 0 Å². The number of nitrogens with zero attached hydrogens (tertiary/aromatic N) is 2. The maximum absolute atomic E-state index is 12.0. The lowest BCUT2D eigenvalue weighted by molar-refractivity contribution is 0.580. The highest BCUT2D eigenvalue weighted by molar-refractivity contribution is 7.89. The first-order valence-electron chi connectivity index (χ1n) is 5.27. The van der Waals surface area contributed by atoms with Gasteiger partial charge in [-0.1, -0.05) is 0 Å². The molecule has 2 rings (SSSR count). The monoisotopic (exact) mass is 286 g/mol. The van der Waals surface area contributed by atoms with Gasteiger partial charge in [0, 0.05) is 30.0 Å². The number of hydrogen-bond acceptors (Lipinski definition) is 5. The largest absolute Gasteiger partial charge is 0.326 e. The minimum atomic E-state index is -3.48. The van der Waals surface area contributed by atoms with Gasteiger partial charge in [-0.3, -0.25) is 4.68 Å². The fourth-order valence-corrected chi connectivity index (χ4v) is 3.57. The van der Waals surface area contributed by atoms with Crippen LogP contribution in [-0.2, 0) is 30.2 Å². The van der Waals surface area contributed by atoms with E-state index in [0.29, 0.717) is 12.2 Å². The first-order chi connectivity index (χ1) is 8.51. The molecule has 0 radical (unpaired) electrons. The van der Waals surface area contributed by atoms with E-state index >= 15 is 0 Å². The van der Waals surface area contributed by atoms with E-state index in [1.54, 1.807) is 35.4 Å². The number of aromatic nitrogens is 2. The molecule has 98 valence electrons. The van der Waals surface area contributed by atoms with E-state index in [2.05, 4.69) is 9.82 Å². The lowest BCUT2D eigenvalue weighted by atomic mass is 10.4. The van der Waals surface area contributed by atoms with Crippen molar-refractivity contribution in [2.45, 2.75) is 18.0 Å². The summed E-state index contributed by atoms with van der Waals surface area (Å²) in [6.45, 7) is 0.525. The maximum atomic E-state index is 12.0. The summed E-state index contributed by atoms with van der Waals surface area (Å²) in [7, 11) is -1.70. The number of sulfonamides is 1. The van der Waals surface area contributed by atoms with Gasteiger partial charge in [-0.25, -0.2) is 13.1 Å². The van der Waals surface area contributed by atoms with Crippen LogP contribution in [0.3, 0.4) is 0 Å². The Hall–Kier alpha value is -1.22. The number of nitrogens with two attached hydrogens (primary N) is 1. The van der Waals surface area contributed by atoms with Crippen molar-refractivity contribution in [3.05, 3.63) is 34.3 Å². The molecule has 0 aliphatic carbocycles. The molecule has 6 nitrogen and oxygen atoms in total. The summed E-state index contributed by atoms with van der Waals surface area (Å²) in [4.78, 5) is 1.09. The van der Waals surface area contributed by atoms with E-state index in [1.165, 1.54) is 11.3 Å². The van der Waals surface area contributed by atoms with Gasteiger partial charge in [0.25, 0.3) is 0 Å². The zero-order chi connectivity index (χ0) is 13.2. The van der Waals surface area contributed by atoms with E-state index in [1.807, 2.05) is 0 Å². The molecule has 0 fully saturated rings. The van der Waals surface area contributed by atoms with Crippen molar-refractivity contribution in [2.24, 2.45) is 12.8 Å². The van der Waals surface area contributed by atoms with E-state index < -0.39 is 10.0 Å². The highest BCUT2D eigenvalue weighted by Gasteiger charge is 2.16. The number of thiophene rings is 1. The van der Waals surface area contributed by atoms with Crippen LogP contribution in [-0.4, -0.2) is 18.2 Å². The lowest BCUT2D eigenvalue weighted by Crippen LogP contribution is -2.23. The topological polar surface area (TPSA) is 90.0 Å². The molecule has 0 spiro atoms. The van der Waals surface area contributed by atoms with Crippen LogP contribution in [0.4, 0.5) is 0 Å². The fourth-order valence-electron chi connectivity index (χ4n) is 1.42. The molecule has 0 bridgehead atoms. The van der Waals surface area contributed by atoms with Crippen LogP contribution >= 0.6 is 11.3 Å². The molecule has 8 heteroatoms. The van der Waals surface area contributed by atoms with Crippen LogP contribution in [0.5, 0.6) is 0 Å². The van der Waals surface area contributed by atoms with Gasteiger partial charge in [0.05, 0.1) is 17.1 Å². The minimum Gasteiger partial charge on any atom is -0.326 e. The highest BCUT2D eigenvalue weighted by Crippen LogP contribution is 2.18. The molecule has 0 aromatic carbocycles. The zero-order valence-electron chi connectivity index (χ0n) is 9.83. The third-order valence-electron chi connectivity index (χ3n) is 2.35. The van der Waals surface area contributed by atoms with Gasteiger partial charge < -0.3 is 5.73 Å². The van der Waals surface area contributed by atoms with Gasteiger partial charge in [0.1, 0.15) is 0 Å².